The van der Waals surface area contributed by atoms with Crippen molar-refractivity contribution in [3.63, 3.8) is 0 Å². The van der Waals surface area contributed by atoms with E-state index in [0.717, 1.165) is 18.2 Å². The summed E-state index contributed by atoms with van der Waals surface area (Å²) in [5, 5.41) is 2.91. The molecule has 0 aliphatic carbocycles. The number of hydrogen-bond donors (Lipinski definition) is 1. The number of para-hydroxylation sites is 1. The summed E-state index contributed by atoms with van der Waals surface area (Å²) in [7, 11) is -3.94. The van der Waals surface area contributed by atoms with E-state index in [1.165, 1.54) is 35.0 Å². The molecule has 158 valence electrons. The zero-order valence-corrected chi connectivity index (χ0v) is 17.4. The van der Waals surface area contributed by atoms with E-state index in [1.54, 1.807) is 24.3 Å². The van der Waals surface area contributed by atoms with Crippen molar-refractivity contribution in [2.45, 2.75) is 16.3 Å². The van der Waals surface area contributed by atoms with Crippen molar-refractivity contribution in [3.05, 3.63) is 89.6 Å². The van der Waals surface area contributed by atoms with E-state index in [-0.39, 0.29) is 21.4 Å². The van der Waals surface area contributed by atoms with Crippen LogP contribution >= 0.6 is 11.6 Å². The second-order valence-electron chi connectivity index (χ2n) is 6.77. The van der Waals surface area contributed by atoms with Gasteiger partial charge in [-0.25, -0.2) is 17.2 Å². The first-order valence-corrected chi connectivity index (χ1v) is 11.0. The second-order valence-corrected chi connectivity index (χ2v) is 9.10. The van der Waals surface area contributed by atoms with E-state index >= 15 is 0 Å². The van der Waals surface area contributed by atoms with Crippen LogP contribution in [0.5, 0.6) is 0 Å². The van der Waals surface area contributed by atoms with Gasteiger partial charge in [-0.3, -0.25) is 4.79 Å². The summed E-state index contributed by atoms with van der Waals surface area (Å²) in [5.74, 6) is -1.60. The summed E-state index contributed by atoms with van der Waals surface area (Å²) in [5.41, 5.74) is 0.850. The molecule has 0 saturated carbocycles. The molecule has 1 heterocycles. The highest BCUT2D eigenvalue weighted by Gasteiger charge is 2.24. The molecule has 0 saturated heterocycles. The normalized spacial score (nSPS) is 11.6. The minimum atomic E-state index is -3.94. The monoisotopic (exact) mass is 460 g/mol. The van der Waals surface area contributed by atoms with Crippen molar-refractivity contribution in [1.29, 1.82) is 0 Å². The molecule has 4 rings (SSSR count). The average Bonchev–Trinajstić information content (AvgIpc) is 3.10. The van der Waals surface area contributed by atoms with Crippen LogP contribution in [0.1, 0.15) is 0 Å². The fourth-order valence-electron chi connectivity index (χ4n) is 3.23. The Morgan fingerprint density at radius 2 is 1.71 bits per heavy atom. The molecule has 0 atom stereocenters. The number of carbonyl (C=O) groups excluding carboxylic acids is 1. The molecule has 1 amide bonds. The molecule has 9 heteroatoms. The molecule has 0 radical (unpaired) electrons. The number of halogens is 3. The van der Waals surface area contributed by atoms with E-state index in [9.17, 15) is 22.0 Å². The summed E-state index contributed by atoms with van der Waals surface area (Å²) in [6.07, 6.45) is 1.38. The first-order chi connectivity index (χ1) is 14.8. The number of fused-ring (bicyclic) bond motifs is 1. The molecule has 4 aromatic rings. The van der Waals surface area contributed by atoms with Crippen molar-refractivity contribution in [2.24, 2.45) is 0 Å². The van der Waals surface area contributed by atoms with Gasteiger partial charge in [-0.1, -0.05) is 29.8 Å². The van der Waals surface area contributed by atoms with Crippen LogP contribution < -0.4 is 5.32 Å². The maximum atomic E-state index is 13.3. The van der Waals surface area contributed by atoms with Crippen molar-refractivity contribution < 1.29 is 22.0 Å². The van der Waals surface area contributed by atoms with Gasteiger partial charge in [-0.2, -0.15) is 0 Å². The van der Waals surface area contributed by atoms with Crippen molar-refractivity contribution in [2.75, 3.05) is 5.32 Å². The van der Waals surface area contributed by atoms with Gasteiger partial charge in [0.25, 0.3) is 0 Å². The van der Waals surface area contributed by atoms with E-state index in [4.69, 9.17) is 11.6 Å². The van der Waals surface area contributed by atoms with E-state index in [1.807, 2.05) is 0 Å². The Bertz CT molecular complexity index is 1400. The van der Waals surface area contributed by atoms with E-state index in [0.29, 0.717) is 16.6 Å². The Balaban J connectivity index is 1.69. The molecular weight excluding hydrogens is 446 g/mol. The van der Waals surface area contributed by atoms with Gasteiger partial charge in [-0.05, 0) is 48.5 Å². The Morgan fingerprint density at radius 3 is 2.42 bits per heavy atom. The van der Waals surface area contributed by atoms with Crippen LogP contribution in [0.4, 0.5) is 14.5 Å². The summed E-state index contributed by atoms with van der Waals surface area (Å²) < 4.78 is 54.3. The van der Waals surface area contributed by atoms with Gasteiger partial charge in [0, 0.05) is 22.8 Å². The first-order valence-electron chi connectivity index (χ1n) is 9.09. The molecular formula is C22H15ClF2N2O3S. The lowest BCUT2D eigenvalue weighted by Gasteiger charge is -2.08. The first kappa shape index (κ1) is 21.0. The number of rotatable bonds is 5. The summed E-state index contributed by atoms with van der Waals surface area (Å²) in [6.45, 7) is -0.186. The number of carbonyl (C=O) groups is 1. The van der Waals surface area contributed by atoms with Crippen molar-refractivity contribution >= 4 is 43.9 Å². The Labute approximate surface area is 181 Å². The van der Waals surface area contributed by atoms with Crippen LogP contribution in [0, 0.1) is 11.6 Å². The van der Waals surface area contributed by atoms with Crippen LogP contribution in [-0.2, 0) is 21.2 Å². The Hall–Kier alpha value is -3.23. The van der Waals surface area contributed by atoms with Gasteiger partial charge in [-0.15, -0.1) is 0 Å². The third-order valence-corrected chi connectivity index (χ3v) is 6.77. The van der Waals surface area contributed by atoms with Gasteiger partial charge in [0.05, 0.1) is 14.8 Å². The molecule has 0 aliphatic rings. The zero-order chi connectivity index (χ0) is 22.2. The Kier molecular flexibility index (Phi) is 5.51. The van der Waals surface area contributed by atoms with Gasteiger partial charge in [0.15, 0.2) is 0 Å². The number of aromatic nitrogens is 1. The number of benzene rings is 3. The van der Waals surface area contributed by atoms with Crippen LogP contribution in [0.2, 0.25) is 5.02 Å². The predicted molar refractivity (Wildman–Crippen MR) is 114 cm³/mol. The Morgan fingerprint density at radius 1 is 1.00 bits per heavy atom. The highest BCUT2D eigenvalue weighted by molar-refractivity contribution is 7.91. The van der Waals surface area contributed by atoms with Crippen LogP contribution in [0.3, 0.4) is 0 Å². The summed E-state index contributed by atoms with van der Waals surface area (Å²) in [6, 6.07) is 15.1. The van der Waals surface area contributed by atoms with Gasteiger partial charge in [0.1, 0.15) is 18.2 Å². The number of anilines is 1. The SMILES string of the molecule is O=C(Cn1cc(S(=O)(=O)c2ccc(F)cc2)c2ccccc21)Nc1ccc(F)c(Cl)c1. The maximum absolute atomic E-state index is 13.3. The molecule has 0 fully saturated rings. The van der Waals surface area contributed by atoms with Crippen molar-refractivity contribution in [1.82, 2.24) is 4.57 Å². The number of hydrogen-bond acceptors (Lipinski definition) is 3. The van der Waals surface area contributed by atoms with Gasteiger partial charge < -0.3 is 9.88 Å². The number of sulfone groups is 1. The third-order valence-electron chi connectivity index (χ3n) is 4.68. The lowest BCUT2D eigenvalue weighted by atomic mass is 10.2. The zero-order valence-electron chi connectivity index (χ0n) is 15.8. The molecule has 0 unspecified atom stereocenters. The van der Waals surface area contributed by atoms with E-state index in [2.05, 4.69) is 5.32 Å². The molecule has 1 aromatic heterocycles. The second kappa shape index (κ2) is 8.13. The smallest absolute Gasteiger partial charge is 0.244 e. The molecule has 5 nitrogen and oxygen atoms in total. The van der Waals surface area contributed by atoms with Crippen LogP contribution in [0.15, 0.2) is 82.7 Å². The summed E-state index contributed by atoms with van der Waals surface area (Å²) >= 11 is 5.74. The quantitative estimate of drug-likeness (QED) is 0.424. The molecule has 0 spiro atoms. The molecule has 1 N–H and O–H groups in total. The lowest BCUT2D eigenvalue weighted by molar-refractivity contribution is -0.116. The fourth-order valence-corrected chi connectivity index (χ4v) is 4.88. The van der Waals surface area contributed by atoms with Gasteiger partial charge in [0.2, 0.25) is 15.7 Å². The maximum Gasteiger partial charge on any atom is 0.244 e. The number of amides is 1. The highest BCUT2D eigenvalue weighted by atomic mass is 35.5. The molecule has 0 aliphatic heterocycles. The third kappa shape index (κ3) is 4.17. The van der Waals surface area contributed by atoms with Crippen LogP contribution in [-0.4, -0.2) is 18.9 Å². The van der Waals surface area contributed by atoms with E-state index < -0.39 is 27.4 Å². The molecule has 3 aromatic carbocycles. The minimum Gasteiger partial charge on any atom is -0.337 e. The van der Waals surface area contributed by atoms with Crippen LogP contribution in [0.25, 0.3) is 10.9 Å². The lowest BCUT2D eigenvalue weighted by Crippen LogP contribution is -2.18. The molecule has 0 bridgehead atoms. The largest absolute Gasteiger partial charge is 0.337 e. The number of nitrogens with one attached hydrogen (secondary N) is 1. The minimum absolute atomic E-state index is 0.00679. The average molecular weight is 461 g/mol. The topological polar surface area (TPSA) is 68.2 Å². The summed E-state index contributed by atoms with van der Waals surface area (Å²) in [4.78, 5) is 12.5. The van der Waals surface area contributed by atoms with Gasteiger partial charge >= 0.3 is 0 Å². The highest BCUT2D eigenvalue weighted by Crippen LogP contribution is 2.30. The standard InChI is InChI=1S/C22H15ClF2N2O3S/c23-18-11-15(7-10-19(18)25)26-22(28)13-27-12-21(17-3-1-2-4-20(17)27)31(29,30)16-8-5-14(24)6-9-16/h1-12H,13H2,(H,26,28). The fraction of sp³-hybridized carbons (Fsp3) is 0.0455. The molecule has 31 heavy (non-hydrogen) atoms. The predicted octanol–water partition coefficient (Wildman–Crippen LogP) is 5.04. The van der Waals surface area contributed by atoms with Crippen molar-refractivity contribution in [3.8, 4) is 0 Å². The number of nitrogens with zero attached hydrogens (tertiary/aromatic N) is 1.